The Balaban J connectivity index is 1.92. The smallest absolute Gasteiger partial charge is 0.293 e. The van der Waals surface area contributed by atoms with Gasteiger partial charge in [-0.3, -0.25) is 24.6 Å². The Kier molecular flexibility index (Phi) is 5.57. The van der Waals surface area contributed by atoms with Crippen LogP contribution in [0.25, 0.3) is 6.08 Å². The van der Waals surface area contributed by atoms with Crippen LogP contribution in [0.3, 0.4) is 0 Å². The van der Waals surface area contributed by atoms with E-state index in [4.69, 9.17) is 16.3 Å². The molecule has 0 bridgehead atoms. The lowest BCUT2D eigenvalue weighted by molar-refractivity contribution is -0.385. The maximum atomic E-state index is 12.7. The fourth-order valence-corrected chi connectivity index (χ4v) is 3.68. The Bertz CT molecular complexity index is 1020. The molecule has 0 atom stereocenters. The molecular formula is C18H13ClN2O6S. The van der Waals surface area contributed by atoms with E-state index in [0.29, 0.717) is 11.8 Å². The maximum absolute atomic E-state index is 12.7. The molecule has 144 valence electrons. The number of para-hydroxylation sites is 1. The molecule has 28 heavy (non-hydrogen) atoms. The molecule has 3 rings (SSSR count). The van der Waals surface area contributed by atoms with E-state index in [2.05, 4.69) is 0 Å². The second kappa shape index (κ2) is 7.91. The van der Waals surface area contributed by atoms with E-state index in [1.165, 1.54) is 43.5 Å². The molecule has 1 aliphatic heterocycles. The summed E-state index contributed by atoms with van der Waals surface area (Å²) in [6.07, 6.45) is 1.33. The number of aromatic hydroxyl groups is 1. The molecule has 0 spiro atoms. The van der Waals surface area contributed by atoms with Crippen LogP contribution in [0.1, 0.15) is 11.1 Å². The molecule has 1 aliphatic rings. The zero-order chi connectivity index (χ0) is 20.4. The Hall–Kier alpha value is -3.04. The van der Waals surface area contributed by atoms with Crippen molar-refractivity contribution in [1.82, 2.24) is 4.90 Å². The number of halogens is 1. The Labute approximate surface area is 168 Å². The number of methoxy groups -OCH3 is 1. The lowest BCUT2D eigenvalue weighted by Gasteiger charge is -2.12. The van der Waals surface area contributed by atoms with E-state index in [0.717, 1.165) is 4.90 Å². The number of phenolic OH excluding ortho intramolecular Hbond substituents is 1. The van der Waals surface area contributed by atoms with Crippen LogP contribution < -0.4 is 4.74 Å². The van der Waals surface area contributed by atoms with E-state index in [-0.39, 0.29) is 44.8 Å². The minimum atomic E-state index is -0.619. The van der Waals surface area contributed by atoms with Gasteiger partial charge in [0.1, 0.15) is 0 Å². The van der Waals surface area contributed by atoms with Crippen LogP contribution in [-0.2, 0) is 11.3 Å². The minimum absolute atomic E-state index is 0.0585. The summed E-state index contributed by atoms with van der Waals surface area (Å²) in [5, 5.41) is 21.1. The van der Waals surface area contributed by atoms with Crippen LogP contribution in [0.2, 0.25) is 5.02 Å². The summed E-state index contributed by atoms with van der Waals surface area (Å²) in [6.45, 7) is -0.232. The number of carbonyl (C=O) groups excluding carboxylic acids is 2. The molecule has 0 aliphatic carbocycles. The average molecular weight is 421 g/mol. The highest BCUT2D eigenvalue weighted by molar-refractivity contribution is 8.18. The lowest BCUT2D eigenvalue weighted by atomic mass is 10.1. The van der Waals surface area contributed by atoms with Crippen molar-refractivity contribution in [3.8, 4) is 11.5 Å². The van der Waals surface area contributed by atoms with E-state index >= 15 is 0 Å². The monoisotopic (exact) mass is 420 g/mol. The van der Waals surface area contributed by atoms with Gasteiger partial charge in [-0.15, -0.1) is 0 Å². The van der Waals surface area contributed by atoms with Gasteiger partial charge in [0.2, 0.25) is 0 Å². The molecule has 2 aromatic carbocycles. The third kappa shape index (κ3) is 3.80. The standard InChI is InChI=1S/C18H13ClN2O6S/c1-27-14-8-12(19)6-11(16(14)22)7-15-17(23)20(18(24)28-15)9-10-4-2-3-5-13(10)21(25)26/h2-8,22H,9H2,1H3/b15-7-. The number of phenols is 1. The van der Waals surface area contributed by atoms with Gasteiger partial charge in [0.05, 0.1) is 23.5 Å². The Morgan fingerprint density at radius 2 is 2.04 bits per heavy atom. The third-order valence-electron chi connectivity index (χ3n) is 3.97. The molecule has 1 fully saturated rings. The minimum Gasteiger partial charge on any atom is -0.504 e. The predicted molar refractivity (Wildman–Crippen MR) is 104 cm³/mol. The molecule has 1 saturated heterocycles. The number of rotatable bonds is 5. The number of nitro groups is 1. The quantitative estimate of drug-likeness (QED) is 0.438. The van der Waals surface area contributed by atoms with E-state index in [9.17, 15) is 24.8 Å². The van der Waals surface area contributed by atoms with Crippen LogP contribution in [-0.4, -0.2) is 33.2 Å². The van der Waals surface area contributed by atoms with Gasteiger partial charge in [0, 0.05) is 28.3 Å². The molecule has 8 nitrogen and oxygen atoms in total. The van der Waals surface area contributed by atoms with Crippen molar-refractivity contribution in [3.05, 3.63) is 67.6 Å². The highest BCUT2D eigenvalue weighted by Crippen LogP contribution is 2.39. The number of hydrogen-bond acceptors (Lipinski definition) is 7. The number of hydrogen-bond donors (Lipinski definition) is 1. The Morgan fingerprint density at radius 3 is 2.71 bits per heavy atom. The van der Waals surface area contributed by atoms with Gasteiger partial charge in [-0.1, -0.05) is 29.8 Å². The number of amides is 2. The fraction of sp³-hybridized carbons (Fsp3) is 0.111. The molecule has 0 unspecified atom stereocenters. The largest absolute Gasteiger partial charge is 0.504 e. The van der Waals surface area contributed by atoms with Crippen molar-refractivity contribution in [2.45, 2.75) is 6.54 Å². The first-order valence-corrected chi connectivity index (χ1v) is 9.05. The number of nitrogens with zero attached hydrogens (tertiary/aromatic N) is 2. The highest BCUT2D eigenvalue weighted by atomic mass is 35.5. The van der Waals surface area contributed by atoms with Crippen molar-refractivity contribution in [3.63, 3.8) is 0 Å². The van der Waals surface area contributed by atoms with Gasteiger partial charge in [-0.05, 0) is 23.9 Å². The van der Waals surface area contributed by atoms with Crippen molar-refractivity contribution in [1.29, 1.82) is 0 Å². The number of imide groups is 1. The summed E-state index contributed by atoms with van der Waals surface area (Å²) in [6, 6.07) is 8.72. The van der Waals surface area contributed by atoms with Gasteiger partial charge >= 0.3 is 0 Å². The molecule has 1 heterocycles. The van der Waals surface area contributed by atoms with Crippen LogP contribution in [0, 0.1) is 10.1 Å². The molecule has 2 aromatic rings. The van der Waals surface area contributed by atoms with Gasteiger partial charge in [-0.25, -0.2) is 0 Å². The number of carbonyl (C=O) groups is 2. The van der Waals surface area contributed by atoms with E-state index in [1.54, 1.807) is 6.07 Å². The molecule has 1 N–H and O–H groups in total. The van der Waals surface area contributed by atoms with Crippen LogP contribution in [0.5, 0.6) is 11.5 Å². The maximum Gasteiger partial charge on any atom is 0.293 e. The van der Waals surface area contributed by atoms with E-state index < -0.39 is 16.1 Å². The SMILES string of the molecule is COc1cc(Cl)cc(/C=C2\SC(=O)N(Cc3ccccc3[N+](=O)[O-])C2=O)c1O. The van der Waals surface area contributed by atoms with Crippen LogP contribution in [0.15, 0.2) is 41.3 Å². The second-order valence-corrected chi connectivity index (χ2v) is 7.13. The van der Waals surface area contributed by atoms with Gasteiger partial charge in [-0.2, -0.15) is 0 Å². The normalized spacial score (nSPS) is 15.4. The van der Waals surface area contributed by atoms with Crippen LogP contribution in [0.4, 0.5) is 10.5 Å². The summed E-state index contributed by atoms with van der Waals surface area (Å²) in [5.41, 5.74) is 0.270. The number of thioether (sulfide) groups is 1. The second-order valence-electron chi connectivity index (χ2n) is 5.70. The molecule has 0 radical (unpaired) electrons. The molecule has 0 aromatic heterocycles. The zero-order valence-corrected chi connectivity index (χ0v) is 16.0. The van der Waals surface area contributed by atoms with Gasteiger partial charge < -0.3 is 9.84 Å². The van der Waals surface area contributed by atoms with Crippen molar-refractivity contribution in [2.75, 3.05) is 7.11 Å². The van der Waals surface area contributed by atoms with Gasteiger partial charge in [0.15, 0.2) is 11.5 Å². The van der Waals surface area contributed by atoms with Crippen molar-refractivity contribution in [2.24, 2.45) is 0 Å². The summed E-state index contributed by atoms with van der Waals surface area (Å²) >= 11 is 6.65. The zero-order valence-electron chi connectivity index (χ0n) is 14.4. The highest BCUT2D eigenvalue weighted by Gasteiger charge is 2.36. The summed E-state index contributed by atoms with van der Waals surface area (Å²) in [4.78, 5) is 36.5. The fourth-order valence-electron chi connectivity index (χ4n) is 2.63. The first-order chi connectivity index (χ1) is 13.3. The first-order valence-electron chi connectivity index (χ1n) is 7.86. The van der Waals surface area contributed by atoms with Crippen molar-refractivity contribution < 1.29 is 24.4 Å². The van der Waals surface area contributed by atoms with Crippen molar-refractivity contribution >= 4 is 46.3 Å². The third-order valence-corrected chi connectivity index (χ3v) is 5.09. The van der Waals surface area contributed by atoms with Crippen LogP contribution >= 0.6 is 23.4 Å². The lowest BCUT2D eigenvalue weighted by Crippen LogP contribution is -2.27. The average Bonchev–Trinajstić information content (AvgIpc) is 2.92. The molecular weight excluding hydrogens is 408 g/mol. The number of ether oxygens (including phenoxy) is 1. The summed E-state index contributed by atoms with van der Waals surface area (Å²) in [7, 11) is 1.36. The van der Waals surface area contributed by atoms with Gasteiger partial charge in [0.25, 0.3) is 16.8 Å². The topological polar surface area (TPSA) is 110 Å². The predicted octanol–water partition coefficient (Wildman–Crippen LogP) is 4.20. The Morgan fingerprint density at radius 1 is 1.32 bits per heavy atom. The van der Waals surface area contributed by atoms with E-state index in [1.807, 2.05) is 0 Å². The summed E-state index contributed by atoms with van der Waals surface area (Å²) < 4.78 is 5.02. The molecule has 2 amide bonds. The first kappa shape index (κ1) is 19.7. The molecule has 0 saturated carbocycles. The summed E-state index contributed by atoms with van der Waals surface area (Å²) in [5.74, 6) is -0.721. The number of nitro benzene ring substituents is 1. The molecule has 10 heteroatoms. The number of benzene rings is 2.